The minimum Gasteiger partial charge on any atom is -0.508 e. The highest BCUT2D eigenvalue weighted by molar-refractivity contribution is 7.92. The third-order valence-electron chi connectivity index (χ3n) is 4.28. The number of benzene rings is 3. The second kappa shape index (κ2) is 9.32. The Morgan fingerprint density at radius 2 is 1.63 bits per heavy atom. The van der Waals surface area contributed by atoms with Crippen molar-refractivity contribution < 1.29 is 23.1 Å². The predicted molar refractivity (Wildman–Crippen MR) is 114 cm³/mol. The molecule has 0 atom stereocenters. The summed E-state index contributed by atoms with van der Waals surface area (Å²) in [6.07, 6.45) is 0. The molecule has 7 nitrogen and oxygen atoms in total. The zero-order valence-corrected chi connectivity index (χ0v) is 17.1. The molecule has 0 fully saturated rings. The molecular formula is C22H22N2O5S. The number of amides is 1. The zero-order valence-electron chi connectivity index (χ0n) is 16.3. The lowest BCUT2D eigenvalue weighted by molar-refractivity contribution is 0.0950. The summed E-state index contributed by atoms with van der Waals surface area (Å²) in [6, 6.07) is 18.9. The third kappa shape index (κ3) is 5.30. The van der Waals surface area contributed by atoms with Crippen LogP contribution < -0.4 is 14.8 Å². The quantitative estimate of drug-likeness (QED) is 0.511. The van der Waals surface area contributed by atoms with Gasteiger partial charge in [-0.3, -0.25) is 9.52 Å². The van der Waals surface area contributed by atoms with Gasteiger partial charge in [-0.25, -0.2) is 8.42 Å². The smallest absolute Gasteiger partial charge is 0.261 e. The van der Waals surface area contributed by atoms with Crippen LogP contribution in [0.3, 0.4) is 0 Å². The molecule has 0 saturated carbocycles. The summed E-state index contributed by atoms with van der Waals surface area (Å²) in [5.74, 6) is 0.367. The Balaban J connectivity index is 1.63. The van der Waals surface area contributed by atoms with Crippen LogP contribution in [0.15, 0.2) is 77.7 Å². The van der Waals surface area contributed by atoms with Crippen LogP contribution in [0.1, 0.15) is 22.8 Å². The minimum atomic E-state index is -3.76. The molecule has 3 aromatic rings. The number of sulfonamides is 1. The van der Waals surface area contributed by atoms with Crippen LogP contribution in [0.25, 0.3) is 0 Å². The Bertz CT molecular complexity index is 1110. The highest BCUT2D eigenvalue weighted by atomic mass is 32.2. The number of ether oxygens (including phenoxy) is 1. The average molecular weight is 426 g/mol. The van der Waals surface area contributed by atoms with Gasteiger partial charge in [-0.15, -0.1) is 0 Å². The van der Waals surface area contributed by atoms with Crippen LogP contribution in [0.4, 0.5) is 5.69 Å². The maximum atomic E-state index is 12.5. The number of hydrogen-bond acceptors (Lipinski definition) is 5. The molecule has 0 radical (unpaired) electrons. The Morgan fingerprint density at radius 1 is 0.967 bits per heavy atom. The number of nitrogens with one attached hydrogen (secondary N) is 2. The van der Waals surface area contributed by atoms with Crippen LogP contribution in [-0.2, 0) is 16.6 Å². The number of carbonyl (C=O) groups is 1. The standard InChI is InChI=1S/C22H22N2O5S/c1-2-29-19-11-13-20(14-12-19)30(27,28)24-18-9-7-16(8-10-18)22(26)23-15-17-5-3-4-6-21(17)25/h3-14,24-25H,2,15H2,1H3,(H,23,26). The summed E-state index contributed by atoms with van der Waals surface area (Å²) in [4.78, 5) is 12.4. The predicted octanol–water partition coefficient (Wildman–Crippen LogP) is 3.52. The first-order valence-electron chi connectivity index (χ1n) is 9.30. The van der Waals surface area contributed by atoms with E-state index in [1.165, 1.54) is 36.4 Å². The van der Waals surface area contributed by atoms with Gasteiger partial charge in [0.25, 0.3) is 15.9 Å². The van der Waals surface area contributed by atoms with E-state index in [9.17, 15) is 18.3 Å². The van der Waals surface area contributed by atoms with Crippen molar-refractivity contribution in [1.82, 2.24) is 5.32 Å². The highest BCUT2D eigenvalue weighted by Gasteiger charge is 2.15. The molecule has 0 heterocycles. The first kappa shape index (κ1) is 21.2. The second-order valence-electron chi connectivity index (χ2n) is 6.40. The summed E-state index contributed by atoms with van der Waals surface area (Å²) < 4.78 is 32.9. The molecule has 0 bridgehead atoms. The van der Waals surface area contributed by atoms with Gasteiger partial charge in [0, 0.05) is 23.4 Å². The lowest BCUT2D eigenvalue weighted by Crippen LogP contribution is -2.22. The lowest BCUT2D eigenvalue weighted by Gasteiger charge is -2.10. The number of phenols is 1. The fraction of sp³-hybridized carbons (Fsp3) is 0.136. The molecule has 3 rings (SSSR count). The number of anilines is 1. The van der Waals surface area contributed by atoms with Crippen molar-refractivity contribution in [2.45, 2.75) is 18.4 Å². The fourth-order valence-corrected chi connectivity index (χ4v) is 3.78. The molecule has 3 aromatic carbocycles. The van der Waals surface area contributed by atoms with Crippen LogP contribution in [-0.4, -0.2) is 26.0 Å². The molecule has 0 aliphatic carbocycles. The van der Waals surface area contributed by atoms with Crippen molar-refractivity contribution in [2.75, 3.05) is 11.3 Å². The largest absolute Gasteiger partial charge is 0.508 e. The topological polar surface area (TPSA) is 105 Å². The van der Waals surface area contributed by atoms with Gasteiger partial charge in [0.15, 0.2) is 0 Å². The fourth-order valence-electron chi connectivity index (χ4n) is 2.72. The molecule has 0 saturated heterocycles. The molecule has 0 unspecified atom stereocenters. The average Bonchev–Trinajstić information content (AvgIpc) is 2.74. The van der Waals surface area contributed by atoms with Crippen LogP contribution >= 0.6 is 0 Å². The lowest BCUT2D eigenvalue weighted by atomic mass is 10.1. The van der Waals surface area contributed by atoms with E-state index < -0.39 is 10.0 Å². The van der Waals surface area contributed by atoms with E-state index in [1.54, 1.807) is 36.4 Å². The van der Waals surface area contributed by atoms with Gasteiger partial charge >= 0.3 is 0 Å². The monoisotopic (exact) mass is 426 g/mol. The van der Waals surface area contributed by atoms with Crippen molar-refractivity contribution in [2.24, 2.45) is 0 Å². The summed E-state index contributed by atoms with van der Waals surface area (Å²) in [6.45, 7) is 2.52. The minimum absolute atomic E-state index is 0.107. The molecule has 0 aliphatic heterocycles. The first-order valence-corrected chi connectivity index (χ1v) is 10.8. The first-order chi connectivity index (χ1) is 14.4. The van der Waals surface area contributed by atoms with Gasteiger partial charge in [-0.2, -0.15) is 0 Å². The number of para-hydroxylation sites is 1. The molecule has 0 aliphatic rings. The van der Waals surface area contributed by atoms with E-state index >= 15 is 0 Å². The van der Waals surface area contributed by atoms with Crippen LogP contribution in [0.5, 0.6) is 11.5 Å². The number of carbonyl (C=O) groups excluding carboxylic acids is 1. The Kier molecular flexibility index (Phi) is 6.58. The van der Waals surface area contributed by atoms with Crippen molar-refractivity contribution in [3.8, 4) is 11.5 Å². The van der Waals surface area contributed by atoms with Crippen molar-refractivity contribution in [1.29, 1.82) is 0 Å². The molecule has 0 aromatic heterocycles. The van der Waals surface area contributed by atoms with Crippen LogP contribution in [0.2, 0.25) is 0 Å². The van der Waals surface area contributed by atoms with E-state index in [0.29, 0.717) is 29.2 Å². The van der Waals surface area contributed by atoms with Gasteiger partial charge in [0.05, 0.1) is 11.5 Å². The Hall–Kier alpha value is -3.52. The summed E-state index contributed by atoms with van der Waals surface area (Å²) >= 11 is 0. The van der Waals surface area contributed by atoms with Gasteiger partial charge in [0.1, 0.15) is 11.5 Å². The summed E-state index contributed by atoms with van der Waals surface area (Å²) in [5.41, 5.74) is 1.31. The van der Waals surface area contributed by atoms with Crippen molar-refractivity contribution in [3.63, 3.8) is 0 Å². The third-order valence-corrected chi connectivity index (χ3v) is 5.67. The highest BCUT2D eigenvalue weighted by Crippen LogP contribution is 2.20. The van der Waals surface area contributed by atoms with Crippen molar-refractivity contribution >= 4 is 21.6 Å². The summed E-state index contributed by atoms with van der Waals surface area (Å²) in [5, 5.41) is 12.5. The summed E-state index contributed by atoms with van der Waals surface area (Å²) in [7, 11) is -3.76. The van der Waals surface area contributed by atoms with Gasteiger partial charge in [-0.05, 0) is 61.5 Å². The SMILES string of the molecule is CCOc1ccc(S(=O)(=O)Nc2ccc(C(=O)NCc3ccccc3O)cc2)cc1. The molecule has 0 spiro atoms. The molecule has 8 heteroatoms. The molecule has 156 valence electrons. The molecule has 30 heavy (non-hydrogen) atoms. The van der Waals surface area contributed by atoms with E-state index in [1.807, 2.05) is 6.92 Å². The van der Waals surface area contributed by atoms with E-state index in [4.69, 9.17) is 4.74 Å². The van der Waals surface area contributed by atoms with Crippen molar-refractivity contribution in [3.05, 3.63) is 83.9 Å². The number of rotatable bonds is 8. The van der Waals surface area contributed by atoms with Crippen LogP contribution in [0, 0.1) is 0 Å². The van der Waals surface area contributed by atoms with Gasteiger partial charge in [0.2, 0.25) is 0 Å². The Morgan fingerprint density at radius 3 is 2.27 bits per heavy atom. The molecule has 1 amide bonds. The second-order valence-corrected chi connectivity index (χ2v) is 8.08. The maximum absolute atomic E-state index is 12.5. The van der Waals surface area contributed by atoms with E-state index in [2.05, 4.69) is 10.0 Å². The zero-order chi connectivity index (χ0) is 21.6. The number of hydrogen-bond donors (Lipinski definition) is 3. The van der Waals surface area contributed by atoms with Gasteiger partial charge in [-0.1, -0.05) is 18.2 Å². The van der Waals surface area contributed by atoms with E-state index in [0.717, 1.165) is 0 Å². The Labute approximate surface area is 175 Å². The molecule has 3 N–H and O–H groups in total. The van der Waals surface area contributed by atoms with Gasteiger partial charge < -0.3 is 15.2 Å². The normalized spacial score (nSPS) is 11.0. The van der Waals surface area contributed by atoms with E-state index in [-0.39, 0.29) is 23.1 Å². The number of phenolic OH excluding ortho intramolecular Hbond substituents is 1. The maximum Gasteiger partial charge on any atom is 0.261 e. The molecular weight excluding hydrogens is 404 g/mol. The number of aromatic hydroxyl groups is 1.